The molecule has 0 aromatic carbocycles. The summed E-state index contributed by atoms with van der Waals surface area (Å²) in [5.41, 5.74) is -0.213. The zero-order chi connectivity index (χ0) is 25.3. The summed E-state index contributed by atoms with van der Waals surface area (Å²) in [5, 5.41) is -0.482. The quantitative estimate of drug-likeness (QED) is 0.273. The normalized spacial score (nSPS) is 49.4. The molecule has 35 heavy (non-hydrogen) atoms. The van der Waals surface area contributed by atoms with Gasteiger partial charge in [-0.2, -0.15) is 0 Å². The first-order chi connectivity index (χ1) is 16.4. The van der Waals surface area contributed by atoms with Crippen molar-refractivity contribution >= 4 is 23.4 Å². The van der Waals surface area contributed by atoms with Gasteiger partial charge in [0, 0.05) is 12.8 Å². The number of hydrogen-bond donors (Lipinski definition) is 0. The average Bonchev–Trinajstić information content (AvgIpc) is 3.15. The molecule has 3 nitrogen and oxygen atoms in total. The lowest BCUT2D eigenvalue weighted by atomic mass is 9.40. The van der Waals surface area contributed by atoms with Gasteiger partial charge in [0.2, 0.25) is 0 Å². The Morgan fingerprint density at radius 1 is 0.971 bits per heavy atom. The SMILES string of the molecule is CC(=O)O[C@@]12C[C@H]3CC[C@@H]4[C@H](CC[C@]5(C)[C@@H]([C@H](C)CCCC(C)C)CC[C@@H]45)[C@@]3(C)C[C@@H]1[C@H](Cl)C2=O. The average molecular weight is 505 g/mol. The van der Waals surface area contributed by atoms with Crippen LogP contribution >= 0.6 is 11.6 Å². The third-order valence-corrected chi connectivity index (χ3v) is 12.9. The van der Waals surface area contributed by atoms with Gasteiger partial charge in [-0.15, -0.1) is 11.6 Å². The van der Waals surface area contributed by atoms with Crippen LogP contribution in [0.4, 0.5) is 0 Å². The Bertz CT molecular complexity index is 854. The second-order valence-corrected chi connectivity index (χ2v) is 14.9. The standard InChI is InChI=1S/C31H49ClO3/c1-18(2)8-7-9-19(3)23-12-13-24-22-11-10-21-16-31(35-20(4)33)26(27(32)28(31)34)17-30(21,6)25(22)14-15-29(23,24)5/h18-19,21-27H,7-17H2,1-6H3/t19-,21-,22+,23-,24+,25+,26-,27+,29-,30+,31+/m1/s1. The lowest BCUT2D eigenvalue weighted by molar-refractivity contribution is -0.219. The van der Waals surface area contributed by atoms with Crippen LogP contribution in [0.15, 0.2) is 0 Å². The van der Waals surface area contributed by atoms with Gasteiger partial charge in [0.15, 0.2) is 11.4 Å². The summed E-state index contributed by atoms with van der Waals surface area (Å²) < 4.78 is 5.79. The first-order valence-corrected chi connectivity index (χ1v) is 15.3. The molecule has 0 spiro atoms. The Morgan fingerprint density at radius 3 is 2.37 bits per heavy atom. The Labute approximate surface area is 218 Å². The minimum Gasteiger partial charge on any atom is -0.451 e. The van der Waals surface area contributed by atoms with E-state index < -0.39 is 11.0 Å². The number of fused-ring (bicyclic) bond motifs is 6. The Balaban J connectivity index is 1.33. The fraction of sp³-hybridized carbons (Fsp3) is 0.935. The van der Waals surface area contributed by atoms with Gasteiger partial charge in [0.25, 0.3) is 0 Å². The van der Waals surface area contributed by atoms with Gasteiger partial charge >= 0.3 is 5.97 Å². The summed E-state index contributed by atoms with van der Waals surface area (Å²) in [4.78, 5) is 24.9. The van der Waals surface area contributed by atoms with E-state index in [1.165, 1.54) is 64.7 Å². The maximum Gasteiger partial charge on any atom is 0.303 e. The maximum atomic E-state index is 12.9. The molecule has 0 aromatic rings. The van der Waals surface area contributed by atoms with E-state index in [1.807, 2.05) is 0 Å². The van der Waals surface area contributed by atoms with Gasteiger partial charge in [-0.05, 0) is 104 Å². The number of halogens is 1. The van der Waals surface area contributed by atoms with Crippen molar-refractivity contribution < 1.29 is 14.3 Å². The molecule has 0 unspecified atom stereocenters. The molecule has 0 saturated heterocycles. The molecular weight excluding hydrogens is 456 g/mol. The van der Waals surface area contributed by atoms with Crippen molar-refractivity contribution in [1.29, 1.82) is 0 Å². The minimum absolute atomic E-state index is 0.00816. The van der Waals surface area contributed by atoms with E-state index >= 15 is 0 Å². The molecule has 0 radical (unpaired) electrons. The highest BCUT2D eigenvalue weighted by molar-refractivity contribution is 6.36. The zero-order valence-corrected chi connectivity index (χ0v) is 23.8. The summed E-state index contributed by atoms with van der Waals surface area (Å²) >= 11 is 6.60. The predicted octanol–water partition coefficient (Wildman–Crippen LogP) is 7.83. The monoisotopic (exact) mass is 504 g/mol. The van der Waals surface area contributed by atoms with Gasteiger partial charge in [0.05, 0.1) is 0 Å². The molecule has 0 aliphatic heterocycles. The third kappa shape index (κ3) is 3.87. The molecule has 11 atom stereocenters. The highest BCUT2D eigenvalue weighted by Crippen LogP contribution is 2.71. The van der Waals surface area contributed by atoms with E-state index in [-0.39, 0.29) is 23.1 Å². The van der Waals surface area contributed by atoms with Crippen molar-refractivity contribution in [2.75, 3.05) is 0 Å². The van der Waals surface area contributed by atoms with E-state index in [0.29, 0.717) is 17.8 Å². The molecule has 0 N–H and O–H groups in total. The number of hydrogen-bond acceptors (Lipinski definition) is 3. The maximum absolute atomic E-state index is 12.9. The lowest BCUT2D eigenvalue weighted by Gasteiger charge is -2.66. The first kappa shape index (κ1) is 26.1. The van der Waals surface area contributed by atoms with Gasteiger partial charge in [0.1, 0.15) is 5.38 Å². The second kappa shape index (κ2) is 9.02. The smallest absolute Gasteiger partial charge is 0.303 e. The van der Waals surface area contributed by atoms with E-state index in [2.05, 4.69) is 34.6 Å². The summed E-state index contributed by atoms with van der Waals surface area (Å²) in [7, 11) is 0. The fourth-order valence-electron chi connectivity index (χ4n) is 10.7. The van der Waals surface area contributed by atoms with Crippen molar-refractivity contribution in [2.24, 2.45) is 58.2 Å². The molecule has 5 fully saturated rings. The van der Waals surface area contributed by atoms with Crippen LogP contribution in [-0.2, 0) is 14.3 Å². The summed E-state index contributed by atoms with van der Waals surface area (Å²) in [6.45, 7) is 13.9. The summed E-state index contributed by atoms with van der Waals surface area (Å²) in [6, 6.07) is 0. The van der Waals surface area contributed by atoms with Crippen LogP contribution in [0, 0.1) is 58.2 Å². The van der Waals surface area contributed by atoms with E-state index in [4.69, 9.17) is 16.3 Å². The molecule has 5 aliphatic carbocycles. The van der Waals surface area contributed by atoms with Crippen LogP contribution in [0.1, 0.15) is 112 Å². The van der Waals surface area contributed by atoms with Crippen molar-refractivity contribution in [1.82, 2.24) is 0 Å². The molecule has 0 amide bonds. The van der Waals surface area contributed by atoms with Crippen molar-refractivity contribution in [2.45, 2.75) is 123 Å². The summed E-state index contributed by atoms with van der Waals surface area (Å²) in [6.07, 6.45) is 13.8. The number of carbonyl (C=O) groups is 2. The Morgan fingerprint density at radius 2 is 1.69 bits per heavy atom. The molecule has 5 saturated carbocycles. The number of ether oxygens (including phenoxy) is 1. The minimum atomic E-state index is -0.928. The molecule has 0 heterocycles. The largest absolute Gasteiger partial charge is 0.451 e. The van der Waals surface area contributed by atoms with Crippen LogP contribution in [0.2, 0.25) is 0 Å². The van der Waals surface area contributed by atoms with Crippen LogP contribution < -0.4 is 0 Å². The van der Waals surface area contributed by atoms with Gasteiger partial charge in [-0.25, -0.2) is 0 Å². The zero-order valence-electron chi connectivity index (χ0n) is 23.1. The molecule has 198 valence electrons. The molecule has 0 bridgehead atoms. The number of ketones is 1. The molecule has 0 aromatic heterocycles. The number of esters is 1. The van der Waals surface area contributed by atoms with Crippen LogP contribution in [0.5, 0.6) is 0 Å². The number of rotatable bonds is 6. The predicted molar refractivity (Wildman–Crippen MR) is 141 cm³/mol. The van der Waals surface area contributed by atoms with Gasteiger partial charge < -0.3 is 4.74 Å². The molecule has 4 heteroatoms. The molecule has 5 aliphatic rings. The van der Waals surface area contributed by atoms with Crippen LogP contribution in [0.3, 0.4) is 0 Å². The van der Waals surface area contributed by atoms with E-state index in [0.717, 1.165) is 41.9 Å². The van der Waals surface area contributed by atoms with Gasteiger partial charge in [-0.3, -0.25) is 9.59 Å². The van der Waals surface area contributed by atoms with E-state index in [9.17, 15) is 9.59 Å². The second-order valence-electron chi connectivity index (χ2n) is 14.5. The third-order valence-electron chi connectivity index (χ3n) is 12.4. The van der Waals surface area contributed by atoms with Crippen LogP contribution in [-0.4, -0.2) is 22.7 Å². The Kier molecular flexibility index (Phi) is 6.71. The topological polar surface area (TPSA) is 43.4 Å². The fourth-order valence-corrected chi connectivity index (χ4v) is 11.2. The van der Waals surface area contributed by atoms with Gasteiger partial charge in [-0.1, -0.05) is 53.9 Å². The van der Waals surface area contributed by atoms with Crippen molar-refractivity contribution in [3.8, 4) is 0 Å². The summed E-state index contributed by atoms with van der Waals surface area (Å²) in [5.74, 6) is 5.01. The number of alkyl halides is 1. The molecular formula is C31H49ClO3. The lowest BCUT2D eigenvalue weighted by Crippen LogP contribution is -2.72. The highest BCUT2D eigenvalue weighted by atomic mass is 35.5. The van der Waals surface area contributed by atoms with Crippen LogP contribution in [0.25, 0.3) is 0 Å². The van der Waals surface area contributed by atoms with Crippen molar-refractivity contribution in [3.05, 3.63) is 0 Å². The number of carbonyl (C=O) groups excluding carboxylic acids is 2. The van der Waals surface area contributed by atoms with E-state index in [1.54, 1.807) is 0 Å². The Hall–Kier alpha value is -0.570. The van der Waals surface area contributed by atoms with Crippen molar-refractivity contribution in [3.63, 3.8) is 0 Å². The molecule has 5 rings (SSSR count). The first-order valence-electron chi connectivity index (χ1n) is 14.8. The highest BCUT2D eigenvalue weighted by Gasteiger charge is 2.72. The number of Topliss-reactive ketones (excluding diaryl/α,β-unsaturated/α-hetero) is 1.